The molecule has 0 unspecified atom stereocenters. The van der Waals surface area contributed by atoms with Gasteiger partial charge in [-0.2, -0.15) is 0 Å². The molecule has 0 N–H and O–H groups in total. The molecule has 0 aromatic carbocycles. The number of esters is 2. The number of allylic oxidation sites excluding steroid dienone is 2. The fourth-order valence-corrected chi connectivity index (χ4v) is 0.769. The van der Waals surface area contributed by atoms with Gasteiger partial charge in [-0.25, -0.2) is 9.59 Å². The van der Waals surface area contributed by atoms with Gasteiger partial charge >= 0.3 is 11.9 Å². The Morgan fingerprint density at radius 2 is 1.22 bits per heavy atom. The van der Waals surface area contributed by atoms with Gasteiger partial charge in [-0.3, -0.25) is 0 Å². The van der Waals surface area contributed by atoms with Crippen LogP contribution in [-0.2, 0) is 19.1 Å². The second-order valence-electron chi connectivity index (χ2n) is 3.45. The zero-order valence-electron chi connectivity index (χ0n) is 11.2. The maximum absolute atomic E-state index is 11.2. The van der Waals surface area contributed by atoms with Crippen LogP contribution in [0.3, 0.4) is 0 Å². The molecule has 0 saturated heterocycles. The van der Waals surface area contributed by atoms with Crippen molar-refractivity contribution in [2.45, 2.75) is 27.7 Å². The summed E-state index contributed by atoms with van der Waals surface area (Å²) in [6.45, 7) is 6.82. The second kappa shape index (κ2) is 9.06. The highest BCUT2D eigenvalue weighted by molar-refractivity contribution is 5.88. The molecule has 0 aromatic rings. The maximum Gasteiger partial charge on any atom is 0.334 e. The topological polar surface area (TPSA) is 52.6 Å². The van der Waals surface area contributed by atoms with Gasteiger partial charge in [-0.05, 0) is 27.7 Å². The van der Waals surface area contributed by atoms with Crippen LogP contribution in [0.25, 0.3) is 0 Å². The van der Waals surface area contributed by atoms with Gasteiger partial charge in [0.15, 0.2) is 13.2 Å². The van der Waals surface area contributed by atoms with Crippen LogP contribution in [0.1, 0.15) is 27.7 Å². The predicted molar refractivity (Wildman–Crippen MR) is 68.6 cm³/mol. The Balaban J connectivity index is 3.88. The minimum absolute atomic E-state index is 0.00976. The molecule has 0 aliphatic heterocycles. The van der Waals surface area contributed by atoms with E-state index in [0.29, 0.717) is 11.1 Å². The largest absolute Gasteiger partial charge is 0.449 e. The Kier molecular flexibility index (Phi) is 8.04. The van der Waals surface area contributed by atoms with Crippen molar-refractivity contribution in [1.29, 1.82) is 0 Å². The maximum atomic E-state index is 11.2. The summed E-state index contributed by atoms with van der Waals surface area (Å²) >= 11 is 0. The minimum atomic E-state index is -0.395. The Labute approximate surface area is 108 Å². The summed E-state index contributed by atoms with van der Waals surface area (Å²) in [6, 6.07) is 0. The van der Waals surface area contributed by atoms with Crippen molar-refractivity contribution in [2.24, 2.45) is 0 Å². The highest BCUT2D eigenvalue weighted by Crippen LogP contribution is 1.95. The van der Waals surface area contributed by atoms with E-state index in [1.807, 2.05) is 0 Å². The molecule has 0 saturated carbocycles. The van der Waals surface area contributed by atoms with Crippen molar-refractivity contribution in [2.75, 3.05) is 13.2 Å². The fourth-order valence-electron chi connectivity index (χ4n) is 0.769. The van der Waals surface area contributed by atoms with E-state index in [9.17, 15) is 9.59 Å². The molecule has 0 aromatic heterocycles. The summed E-state index contributed by atoms with van der Waals surface area (Å²) in [4.78, 5) is 22.4. The van der Waals surface area contributed by atoms with Crippen molar-refractivity contribution in [3.63, 3.8) is 0 Å². The van der Waals surface area contributed by atoms with Gasteiger partial charge in [0.05, 0.1) is 0 Å². The van der Waals surface area contributed by atoms with E-state index < -0.39 is 11.9 Å². The van der Waals surface area contributed by atoms with Gasteiger partial charge in [0.2, 0.25) is 0 Å². The molecule has 0 radical (unpaired) electrons. The van der Waals surface area contributed by atoms with Crippen LogP contribution in [0, 0.1) is 11.8 Å². The van der Waals surface area contributed by atoms with Crippen molar-refractivity contribution in [3.8, 4) is 11.8 Å². The predicted octanol–water partition coefficient (Wildman–Crippen LogP) is 2.01. The molecular weight excluding hydrogens is 232 g/mol. The molecule has 0 bridgehead atoms. The molecule has 0 rings (SSSR count). The van der Waals surface area contributed by atoms with Crippen molar-refractivity contribution >= 4 is 11.9 Å². The first-order chi connectivity index (χ1) is 8.52. The van der Waals surface area contributed by atoms with E-state index in [4.69, 9.17) is 9.47 Å². The number of ether oxygens (including phenoxy) is 2. The molecule has 0 aliphatic carbocycles. The molecule has 0 aliphatic rings. The van der Waals surface area contributed by atoms with Crippen molar-refractivity contribution in [1.82, 2.24) is 0 Å². The quantitative estimate of drug-likeness (QED) is 0.435. The third kappa shape index (κ3) is 6.54. The highest BCUT2D eigenvalue weighted by atomic mass is 16.5. The van der Waals surface area contributed by atoms with Crippen LogP contribution in [0.5, 0.6) is 0 Å². The van der Waals surface area contributed by atoms with Crippen LogP contribution in [0.15, 0.2) is 23.3 Å². The number of hydrogen-bond acceptors (Lipinski definition) is 4. The SMILES string of the molecule is C/C=C(\C)C(=O)OCC#CCOC(=O)/C(C)=C/C. The monoisotopic (exact) mass is 250 g/mol. The zero-order chi connectivity index (χ0) is 14.0. The zero-order valence-corrected chi connectivity index (χ0v) is 11.2. The van der Waals surface area contributed by atoms with Gasteiger partial charge < -0.3 is 9.47 Å². The smallest absolute Gasteiger partial charge is 0.334 e. The number of carbonyl (C=O) groups excluding carboxylic acids is 2. The Hall–Kier alpha value is -2.02. The van der Waals surface area contributed by atoms with Crippen LogP contribution in [0.4, 0.5) is 0 Å². The molecule has 18 heavy (non-hydrogen) atoms. The third-order valence-corrected chi connectivity index (χ3v) is 2.19. The number of rotatable bonds is 4. The third-order valence-electron chi connectivity index (χ3n) is 2.19. The normalized spacial score (nSPS) is 11.3. The summed E-state index contributed by atoms with van der Waals surface area (Å²) in [5.41, 5.74) is 1.07. The van der Waals surface area contributed by atoms with E-state index in [2.05, 4.69) is 11.8 Å². The van der Waals surface area contributed by atoms with Crippen molar-refractivity contribution < 1.29 is 19.1 Å². The Morgan fingerprint density at radius 3 is 1.50 bits per heavy atom. The molecule has 4 heteroatoms. The molecule has 4 nitrogen and oxygen atoms in total. The van der Waals surface area contributed by atoms with E-state index in [1.54, 1.807) is 39.8 Å². The van der Waals surface area contributed by atoms with Crippen LogP contribution in [0.2, 0.25) is 0 Å². The summed E-state index contributed by atoms with van der Waals surface area (Å²) in [5.74, 6) is 4.39. The van der Waals surface area contributed by atoms with Gasteiger partial charge in [-0.1, -0.05) is 24.0 Å². The van der Waals surface area contributed by atoms with E-state index >= 15 is 0 Å². The molecule has 98 valence electrons. The van der Waals surface area contributed by atoms with Gasteiger partial charge in [0.1, 0.15) is 0 Å². The minimum Gasteiger partial charge on any atom is -0.449 e. The lowest BCUT2D eigenvalue weighted by Crippen LogP contribution is -2.07. The fraction of sp³-hybridized carbons (Fsp3) is 0.429. The Bertz CT molecular complexity index is 381. The van der Waals surface area contributed by atoms with E-state index in [0.717, 1.165) is 0 Å². The lowest BCUT2D eigenvalue weighted by molar-refractivity contribution is -0.138. The number of carbonyl (C=O) groups is 2. The lowest BCUT2D eigenvalue weighted by atomic mass is 10.3. The first-order valence-corrected chi connectivity index (χ1v) is 5.58. The summed E-state index contributed by atoms with van der Waals surface area (Å²) in [7, 11) is 0. The van der Waals surface area contributed by atoms with E-state index in [1.165, 1.54) is 0 Å². The first-order valence-electron chi connectivity index (χ1n) is 5.58. The summed E-state index contributed by atoms with van der Waals surface area (Å²) < 4.78 is 9.68. The van der Waals surface area contributed by atoms with Gasteiger partial charge in [-0.15, -0.1) is 0 Å². The van der Waals surface area contributed by atoms with Crippen LogP contribution in [-0.4, -0.2) is 25.2 Å². The molecular formula is C14H18O4. The van der Waals surface area contributed by atoms with E-state index in [-0.39, 0.29) is 13.2 Å². The molecule has 0 atom stereocenters. The molecule has 0 fully saturated rings. The first kappa shape index (κ1) is 16.0. The molecule has 0 heterocycles. The van der Waals surface area contributed by atoms with Gasteiger partial charge in [0, 0.05) is 11.1 Å². The average molecular weight is 250 g/mol. The standard InChI is InChI=1S/C14H18O4/c1-5-11(3)13(15)17-9-7-8-10-18-14(16)12(4)6-2/h5-6H,9-10H2,1-4H3/b11-5+,12-6+. The molecule has 0 amide bonds. The molecule has 0 spiro atoms. The average Bonchev–Trinajstić information content (AvgIpc) is 2.39. The lowest BCUT2D eigenvalue weighted by Gasteiger charge is -2.00. The van der Waals surface area contributed by atoms with Crippen LogP contribution < -0.4 is 0 Å². The second-order valence-corrected chi connectivity index (χ2v) is 3.45. The van der Waals surface area contributed by atoms with Gasteiger partial charge in [0.25, 0.3) is 0 Å². The summed E-state index contributed by atoms with van der Waals surface area (Å²) in [5, 5.41) is 0. The highest BCUT2D eigenvalue weighted by Gasteiger charge is 2.03. The van der Waals surface area contributed by atoms with Crippen LogP contribution >= 0.6 is 0 Å². The van der Waals surface area contributed by atoms with Crippen molar-refractivity contribution in [3.05, 3.63) is 23.3 Å². The Morgan fingerprint density at radius 1 is 0.889 bits per heavy atom. The number of hydrogen-bond donors (Lipinski definition) is 0. The summed E-state index contributed by atoms with van der Waals surface area (Å²) in [6.07, 6.45) is 3.33.